The van der Waals surface area contributed by atoms with Gasteiger partial charge in [0.1, 0.15) is 17.3 Å². The van der Waals surface area contributed by atoms with Crippen molar-refractivity contribution in [1.82, 2.24) is 4.98 Å². The first-order valence-electron chi connectivity index (χ1n) is 9.43. The number of rotatable bonds is 2. The van der Waals surface area contributed by atoms with Gasteiger partial charge < -0.3 is 4.74 Å². The predicted octanol–water partition coefficient (Wildman–Crippen LogP) is 5.19. The number of hydrogen-bond acceptors (Lipinski definition) is 4. The molecule has 3 aromatic rings. The van der Waals surface area contributed by atoms with Gasteiger partial charge in [-0.3, -0.25) is 14.6 Å². The average molecular weight is 373 g/mol. The van der Waals surface area contributed by atoms with E-state index >= 15 is 0 Å². The lowest BCUT2D eigenvalue weighted by Crippen LogP contribution is -2.23. The standard InChI is InChI=1S/C24H23NO3/c1-13-10-14(2)16-8-9-19(25-20(16)11-13)21-22(26)17-7-6-15(28-24(3,4)5)12-18(17)23(21)27/h6-12,21H,1-5H3. The Hall–Kier alpha value is -3.01. The number of Topliss-reactive ketones (excluding diaryl/α,β-unsaturated/α-hetero) is 2. The van der Waals surface area contributed by atoms with Gasteiger partial charge in [0.25, 0.3) is 0 Å². The first kappa shape index (κ1) is 18.4. The lowest BCUT2D eigenvalue weighted by atomic mass is 9.97. The summed E-state index contributed by atoms with van der Waals surface area (Å²) in [5.74, 6) is -0.704. The topological polar surface area (TPSA) is 56.3 Å². The van der Waals surface area contributed by atoms with Crippen LogP contribution < -0.4 is 4.74 Å². The minimum absolute atomic E-state index is 0.196. The van der Waals surface area contributed by atoms with E-state index in [4.69, 9.17) is 4.74 Å². The van der Waals surface area contributed by atoms with Gasteiger partial charge in [-0.25, -0.2) is 0 Å². The van der Waals surface area contributed by atoms with Crippen LogP contribution in [0.5, 0.6) is 5.75 Å². The third-order valence-corrected chi connectivity index (χ3v) is 4.95. The molecule has 1 aromatic heterocycles. The van der Waals surface area contributed by atoms with Crippen molar-refractivity contribution >= 4 is 22.5 Å². The van der Waals surface area contributed by atoms with Gasteiger partial charge in [-0.05, 0) is 76.1 Å². The highest BCUT2D eigenvalue weighted by atomic mass is 16.5. The summed E-state index contributed by atoms with van der Waals surface area (Å²) in [4.78, 5) is 30.7. The van der Waals surface area contributed by atoms with E-state index in [-0.39, 0.29) is 17.2 Å². The highest BCUT2D eigenvalue weighted by molar-refractivity contribution is 6.29. The van der Waals surface area contributed by atoms with E-state index in [1.54, 1.807) is 24.3 Å². The Morgan fingerprint density at radius 2 is 1.61 bits per heavy atom. The van der Waals surface area contributed by atoms with Crippen molar-refractivity contribution in [2.75, 3.05) is 0 Å². The van der Waals surface area contributed by atoms with Crippen molar-refractivity contribution in [2.45, 2.75) is 46.1 Å². The molecule has 0 N–H and O–H groups in total. The van der Waals surface area contributed by atoms with E-state index in [0.717, 1.165) is 22.0 Å². The minimum atomic E-state index is -0.884. The second-order valence-electron chi connectivity index (χ2n) is 8.47. The van der Waals surface area contributed by atoms with Crippen LogP contribution in [0.2, 0.25) is 0 Å². The maximum absolute atomic E-state index is 13.1. The van der Waals surface area contributed by atoms with Crippen LogP contribution in [-0.4, -0.2) is 22.2 Å². The zero-order chi connectivity index (χ0) is 20.2. The molecule has 1 unspecified atom stereocenters. The molecule has 142 valence electrons. The number of pyridine rings is 1. The summed E-state index contributed by atoms with van der Waals surface area (Å²) in [6, 6.07) is 12.9. The van der Waals surface area contributed by atoms with Gasteiger partial charge in [-0.15, -0.1) is 0 Å². The Morgan fingerprint density at radius 3 is 2.32 bits per heavy atom. The minimum Gasteiger partial charge on any atom is -0.488 e. The Kier molecular flexibility index (Phi) is 4.11. The predicted molar refractivity (Wildman–Crippen MR) is 109 cm³/mol. The number of fused-ring (bicyclic) bond motifs is 2. The quantitative estimate of drug-likeness (QED) is 0.580. The molecular formula is C24H23NO3. The zero-order valence-electron chi connectivity index (χ0n) is 16.8. The molecule has 0 saturated carbocycles. The molecule has 0 fully saturated rings. The summed E-state index contributed by atoms with van der Waals surface area (Å²) in [5.41, 5.74) is 4.02. The van der Waals surface area contributed by atoms with E-state index in [1.165, 1.54) is 0 Å². The molecule has 0 spiro atoms. The molecule has 4 rings (SSSR count). The van der Waals surface area contributed by atoms with Gasteiger partial charge in [0.2, 0.25) is 0 Å². The van der Waals surface area contributed by atoms with E-state index in [0.29, 0.717) is 22.6 Å². The molecule has 4 heteroatoms. The Bertz CT molecular complexity index is 1140. The van der Waals surface area contributed by atoms with Crippen LogP contribution in [0, 0.1) is 13.8 Å². The smallest absolute Gasteiger partial charge is 0.180 e. The third-order valence-electron chi connectivity index (χ3n) is 4.95. The molecule has 4 nitrogen and oxygen atoms in total. The van der Waals surface area contributed by atoms with Gasteiger partial charge in [-0.2, -0.15) is 0 Å². The highest BCUT2D eigenvalue weighted by Crippen LogP contribution is 2.36. The molecule has 1 atom stereocenters. The summed E-state index contributed by atoms with van der Waals surface area (Å²) in [6.45, 7) is 9.88. The van der Waals surface area contributed by atoms with Crippen LogP contribution in [-0.2, 0) is 0 Å². The van der Waals surface area contributed by atoms with Gasteiger partial charge >= 0.3 is 0 Å². The summed E-state index contributed by atoms with van der Waals surface area (Å²) in [5, 5.41) is 1.03. The van der Waals surface area contributed by atoms with Crippen LogP contribution in [0.25, 0.3) is 10.9 Å². The largest absolute Gasteiger partial charge is 0.488 e. The van der Waals surface area contributed by atoms with E-state index < -0.39 is 5.92 Å². The van der Waals surface area contributed by atoms with Crippen LogP contribution >= 0.6 is 0 Å². The van der Waals surface area contributed by atoms with E-state index in [9.17, 15) is 9.59 Å². The van der Waals surface area contributed by atoms with Gasteiger partial charge in [-0.1, -0.05) is 12.1 Å². The average Bonchev–Trinajstić information content (AvgIpc) is 2.83. The first-order chi connectivity index (χ1) is 13.1. The van der Waals surface area contributed by atoms with Crippen molar-refractivity contribution in [3.63, 3.8) is 0 Å². The monoisotopic (exact) mass is 373 g/mol. The fraction of sp³-hybridized carbons (Fsp3) is 0.292. The molecule has 1 heterocycles. The molecule has 1 aliphatic carbocycles. The molecule has 0 bridgehead atoms. The summed E-state index contributed by atoms with van der Waals surface area (Å²) in [6.07, 6.45) is 0. The highest BCUT2D eigenvalue weighted by Gasteiger charge is 2.41. The fourth-order valence-corrected chi connectivity index (χ4v) is 3.83. The number of carbonyl (C=O) groups is 2. The number of ketones is 2. The molecule has 2 aromatic carbocycles. The van der Waals surface area contributed by atoms with E-state index in [2.05, 4.69) is 11.1 Å². The van der Waals surface area contributed by atoms with Gasteiger partial charge in [0.15, 0.2) is 11.6 Å². The molecule has 1 aliphatic rings. The van der Waals surface area contributed by atoms with Crippen molar-refractivity contribution in [1.29, 1.82) is 0 Å². The number of hydrogen-bond donors (Lipinski definition) is 0. The number of aromatic nitrogens is 1. The SMILES string of the molecule is Cc1cc(C)c2ccc(C3C(=O)c4ccc(OC(C)(C)C)cc4C3=O)nc2c1. The van der Waals surface area contributed by atoms with Crippen LogP contribution in [0.3, 0.4) is 0 Å². The normalized spacial score (nSPS) is 16.5. The lowest BCUT2D eigenvalue weighted by Gasteiger charge is -2.21. The van der Waals surface area contributed by atoms with Gasteiger partial charge in [0.05, 0.1) is 11.2 Å². The van der Waals surface area contributed by atoms with Crippen molar-refractivity contribution in [2.24, 2.45) is 0 Å². The van der Waals surface area contributed by atoms with Crippen LogP contribution in [0.1, 0.15) is 64.2 Å². The number of carbonyl (C=O) groups excluding carboxylic acids is 2. The second-order valence-corrected chi connectivity index (χ2v) is 8.47. The fourth-order valence-electron chi connectivity index (χ4n) is 3.83. The Labute approximate surface area is 164 Å². The van der Waals surface area contributed by atoms with Crippen LogP contribution in [0.4, 0.5) is 0 Å². The Balaban J connectivity index is 1.76. The molecule has 0 amide bonds. The van der Waals surface area contributed by atoms with Gasteiger partial charge in [0, 0.05) is 16.5 Å². The van der Waals surface area contributed by atoms with E-state index in [1.807, 2.05) is 46.8 Å². The molecule has 0 radical (unpaired) electrons. The second kappa shape index (κ2) is 6.26. The first-order valence-corrected chi connectivity index (χ1v) is 9.43. The molecular weight excluding hydrogens is 350 g/mol. The summed E-state index contributed by atoms with van der Waals surface area (Å²) < 4.78 is 5.86. The number of nitrogens with zero attached hydrogens (tertiary/aromatic N) is 1. The van der Waals surface area contributed by atoms with Crippen molar-refractivity contribution in [3.8, 4) is 5.75 Å². The number of ether oxygens (including phenoxy) is 1. The zero-order valence-corrected chi connectivity index (χ0v) is 16.8. The van der Waals surface area contributed by atoms with Crippen LogP contribution in [0.15, 0.2) is 42.5 Å². The molecule has 0 saturated heterocycles. The number of aryl methyl sites for hydroxylation is 2. The Morgan fingerprint density at radius 1 is 0.893 bits per heavy atom. The third kappa shape index (κ3) is 3.09. The van der Waals surface area contributed by atoms with Crippen molar-refractivity contribution in [3.05, 3.63) is 70.4 Å². The molecule has 28 heavy (non-hydrogen) atoms. The number of benzene rings is 2. The maximum atomic E-state index is 13.1. The van der Waals surface area contributed by atoms with Crippen molar-refractivity contribution < 1.29 is 14.3 Å². The molecule has 0 aliphatic heterocycles. The lowest BCUT2D eigenvalue weighted by molar-refractivity contribution is 0.0887. The summed E-state index contributed by atoms with van der Waals surface area (Å²) >= 11 is 0. The summed E-state index contributed by atoms with van der Waals surface area (Å²) in [7, 11) is 0. The maximum Gasteiger partial charge on any atom is 0.180 e.